The molecule has 0 aromatic carbocycles. The zero-order chi connectivity index (χ0) is 5.11. The van der Waals surface area contributed by atoms with E-state index in [0.717, 1.165) is 11.5 Å². The van der Waals surface area contributed by atoms with Crippen molar-refractivity contribution in [1.82, 2.24) is 4.72 Å². The molecule has 0 amide bonds. The normalized spacial score (nSPS) is 18.1. The zero-order valence-electron chi connectivity index (χ0n) is 4.05. The molecule has 0 aliphatic carbocycles. The number of nitrogens with zero attached hydrogens (tertiary/aromatic N) is 1. The van der Waals surface area contributed by atoms with Gasteiger partial charge in [-0.2, -0.15) is 0 Å². The minimum Gasteiger partial charge on any atom is -0.499 e. The van der Waals surface area contributed by atoms with Gasteiger partial charge in [-0.25, -0.2) is 4.72 Å². The molecule has 1 heterocycles. The first-order chi connectivity index (χ1) is 3.43. The number of hydrogen-bond acceptors (Lipinski definition) is 2. The lowest BCUT2D eigenvalue weighted by Crippen LogP contribution is -1.82. The predicted molar refractivity (Wildman–Crippen MR) is 29.7 cm³/mol. The molecule has 0 unspecified atom stereocenters. The maximum atomic E-state index is 4.86. The fraction of sp³-hybridized carbons (Fsp3) is 0.500. The van der Waals surface area contributed by atoms with Gasteiger partial charge in [-0.1, -0.05) is 0 Å². The van der Waals surface area contributed by atoms with E-state index in [1.165, 1.54) is 11.9 Å². The topological polar surface area (TPSA) is 23.3 Å². The van der Waals surface area contributed by atoms with Gasteiger partial charge in [-0.05, 0) is 11.9 Å². The van der Waals surface area contributed by atoms with Gasteiger partial charge < -0.3 is 4.74 Å². The van der Waals surface area contributed by atoms with Gasteiger partial charge in [0.05, 0.1) is 19.1 Å². The van der Waals surface area contributed by atoms with Crippen LogP contribution in [0.15, 0.2) is 12.0 Å². The maximum Gasteiger partial charge on any atom is 0.126 e. The number of rotatable bonds is 1. The van der Waals surface area contributed by atoms with Crippen molar-refractivity contribution in [3.8, 4) is 0 Å². The van der Waals surface area contributed by atoms with Crippen molar-refractivity contribution >= 4 is 11.9 Å². The van der Waals surface area contributed by atoms with Crippen LogP contribution in [0.1, 0.15) is 0 Å². The van der Waals surface area contributed by atoms with E-state index in [9.17, 15) is 0 Å². The summed E-state index contributed by atoms with van der Waals surface area (Å²) in [5.74, 6) is 1.86. The summed E-state index contributed by atoms with van der Waals surface area (Å²) < 4.78 is 8.72. The maximum absolute atomic E-state index is 4.86. The summed E-state index contributed by atoms with van der Waals surface area (Å²) in [4.78, 5) is 0. The van der Waals surface area contributed by atoms with Crippen LogP contribution in [-0.4, -0.2) is 12.9 Å². The molecule has 1 rings (SSSR count). The van der Waals surface area contributed by atoms with Gasteiger partial charge in [-0.15, -0.1) is 0 Å². The first kappa shape index (κ1) is 4.84. The smallest absolute Gasteiger partial charge is 0.126 e. The highest BCUT2D eigenvalue weighted by Gasteiger charge is 2.03. The third-order valence-corrected chi connectivity index (χ3v) is 1.41. The third-order valence-electron chi connectivity index (χ3n) is 0.740. The van der Waals surface area contributed by atoms with Gasteiger partial charge in [0, 0.05) is 0 Å². The van der Waals surface area contributed by atoms with Crippen LogP contribution in [0, 0.1) is 0 Å². The standard InChI is InChI=1S/C4H6NOS/c1-6-4-2-5-7-3-4/h2H,3H2,1H3. The molecule has 39 valence electrons. The molecule has 0 fully saturated rings. The van der Waals surface area contributed by atoms with Crippen molar-refractivity contribution < 1.29 is 4.74 Å². The molecule has 1 aliphatic heterocycles. The summed E-state index contributed by atoms with van der Waals surface area (Å²) in [6, 6.07) is 0. The van der Waals surface area contributed by atoms with E-state index in [4.69, 9.17) is 4.74 Å². The van der Waals surface area contributed by atoms with Crippen molar-refractivity contribution in [2.24, 2.45) is 0 Å². The third kappa shape index (κ3) is 1.03. The van der Waals surface area contributed by atoms with E-state index in [-0.39, 0.29) is 0 Å². The Bertz CT molecular complexity index is 91.7. The molecule has 0 N–H and O–H groups in total. The summed E-state index contributed by atoms with van der Waals surface area (Å²) in [5.41, 5.74) is 0. The fourth-order valence-corrected chi connectivity index (χ4v) is 0.932. The molecule has 0 bridgehead atoms. The SMILES string of the molecule is COC1=C[N]SC1. The van der Waals surface area contributed by atoms with E-state index < -0.39 is 0 Å². The second kappa shape index (κ2) is 2.12. The Labute approximate surface area is 47.1 Å². The fourth-order valence-electron chi connectivity index (χ4n) is 0.346. The Balaban J connectivity index is 2.36. The van der Waals surface area contributed by atoms with E-state index in [1.54, 1.807) is 13.3 Å². The van der Waals surface area contributed by atoms with Crippen molar-refractivity contribution in [2.45, 2.75) is 0 Å². The van der Waals surface area contributed by atoms with Crippen LogP contribution in [0.3, 0.4) is 0 Å². The Morgan fingerprint density at radius 3 is 3.14 bits per heavy atom. The lowest BCUT2D eigenvalue weighted by Gasteiger charge is -1.91. The first-order valence-electron chi connectivity index (χ1n) is 1.98. The lowest BCUT2D eigenvalue weighted by atomic mass is 10.6. The van der Waals surface area contributed by atoms with Crippen molar-refractivity contribution in [3.05, 3.63) is 12.0 Å². The van der Waals surface area contributed by atoms with Gasteiger partial charge in [-0.3, -0.25) is 0 Å². The van der Waals surface area contributed by atoms with Crippen LogP contribution in [0.5, 0.6) is 0 Å². The second-order valence-electron chi connectivity index (χ2n) is 1.18. The van der Waals surface area contributed by atoms with Crippen LogP contribution in [0.2, 0.25) is 0 Å². The minimum atomic E-state index is 0.899. The van der Waals surface area contributed by atoms with Crippen LogP contribution in [0.25, 0.3) is 0 Å². The molecular formula is C4H6NOS. The molecule has 0 saturated carbocycles. The van der Waals surface area contributed by atoms with Crippen LogP contribution in [-0.2, 0) is 4.74 Å². The number of hydrogen-bond donors (Lipinski definition) is 0. The first-order valence-corrected chi connectivity index (χ1v) is 2.93. The summed E-state index contributed by atoms with van der Waals surface area (Å²) in [6.45, 7) is 0. The molecule has 0 aromatic rings. The Morgan fingerprint density at radius 2 is 2.86 bits per heavy atom. The van der Waals surface area contributed by atoms with Crippen molar-refractivity contribution in [1.29, 1.82) is 0 Å². The highest BCUT2D eigenvalue weighted by Crippen LogP contribution is 2.12. The molecule has 1 aliphatic rings. The summed E-state index contributed by atoms with van der Waals surface area (Å²) in [7, 11) is 1.66. The molecule has 0 saturated heterocycles. The van der Waals surface area contributed by atoms with E-state index >= 15 is 0 Å². The summed E-state index contributed by atoms with van der Waals surface area (Å²) in [6.07, 6.45) is 1.74. The molecule has 2 nitrogen and oxygen atoms in total. The number of methoxy groups -OCH3 is 1. The largest absolute Gasteiger partial charge is 0.499 e. The van der Waals surface area contributed by atoms with Gasteiger partial charge in [0.25, 0.3) is 0 Å². The molecule has 3 heteroatoms. The Kier molecular flexibility index (Phi) is 1.46. The second-order valence-corrected chi connectivity index (χ2v) is 1.94. The molecule has 7 heavy (non-hydrogen) atoms. The molecular weight excluding hydrogens is 110 g/mol. The molecule has 0 aromatic heterocycles. The lowest BCUT2D eigenvalue weighted by molar-refractivity contribution is 0.296. The predicted octanol–water partition coefficient (Wildman–Crippen LogP) is 0.740. The Hall–Kier alpha value is -0.310. The summed E-state index contributed by atoms with van der Waals surface area (Å²) >= 11 is 1.51. The van der Waals surface area contributed by atoms with E-state index in [2.05, 4.69) is 4.72 Å². The van der Waals surface area contributed by atoms with Gasteiger partial charge in [0.1, 0.15) is 5.76 Å². The number of ether oxygens (including phenoxy) is 1. The van der Waals surface area contributed by atoms with Crippen molar-refractivity contribution in [2.75, 3.05) is 12.9 Å². The van der Waals surface area contributed by atoms with Gasteiger partial charge in [0.2, 0.25) is 0 Å². The van der Waals surface area contributed by atoms with Crippen LogP contribution in [0.4, 0.5) is 0 Å². The average Bonchev–Trinajstić information content (AvgIpc) is 2.14. The average molecular weight is 116 g/mol. The van der Waals surface area contributed by atoms with Crippen LogP contribution < -0.4 is 4.72 Å². The van der Waals surface area contributed by atoms with Crippen LogP contribution >= 0.6 is 11.9 Å². The Morgan fingerprint density at radius 1 is 2.00 bits per heavy atom. The molecule has 0 atom stereocenters. The zero-order valence-corrected chi connectivity index (χ0v) is 4.86. The molecule has 0 spiro atoms. The van der Waals surface area contributed by atoms with E-state index in [0.29, 0.717) is 0 Å². The molecule has 1 radical (unpaired) electrons. The van der Waals surface area contributed by atoms with E-state index in [1.807, 2.05) is 0 Å². The highest BCUT2D eigenvalue weighted by atomic mass is 32.2. The minimum absolute atomic E-state index is 0.899. The highest BCUT2D eigenvalue weighted by molar-refractivity contribution is 7.97. The quantitative estimate of drug-likeness (QED) is 0.472. The monoisotopic (exact) mass is 116 g/mol. The van der Waals surface area contributed by atoms with Gasteiger partial charge in [0.15, 0.2) is 0 Å². The van der Waals surface area contributed by atoms with Gasteiger partial charge >= 0.3 is 0 Å². The summed E-state index contributed by atoms with van der Waals surface area (Å²) in [5, 5.41) is 0. The van der Waals surface area contributed by atoms with Crippen molar-refractivity contribution in [3.63, 3.8) is 0 Å².